The molecule has 2 fully saturated rings. The summed E-state index contributed by atoms with van der Waals surface area (Å²) in [5.41, 5.74) is 1.51. The second kappa shape index (κ2) is 7.66. The third-order valence-corrected chi connectivity index (χ3v) is 5.58. The molecule has 1 aromatic rings. The van der Waals surface area contributed by atoms with Crippen molar-refractivity contribution in [1.82, 2.24) is 4.90 Å². The number of hydrogen-bond acceptors (Lipinski definition) is 3. The Morgan fingerprint density at radius 2 is 1.83 bits per heavy atom. The first-order valence-corrected chi connectivity index (χ1v) is 9.22. The minimum absolute atomic E-state index is 0.0808. The average Bonchev–Trinajstić information content (AvgIpc) is 2.62. The van der Waals surface area contributed by atoms with Gasteiger partial charge in [-0.3, -0.25) is 4.79 Å². The summed E-state index contributed by atoms with van der Waals surface area (Å²) in [5.74, 6) is 0.600. The number of nitrogens with zero attached hydrogens (tertiary/aromatic N) is 1. The lowest BCUT2D eigenvalue weighted by Gasteiger charge is -2.39. The van der Waals surface area contributed by atoms with Crippen LogP contribution in [0.3, 0.4) is 0 Å². The van der Waals surface area contributed by atoms with Gasteiger partial charge in [-0.15, -0.1) is 0 Å². The van der Waals surface area contributed by atoms with Gasteiger partial charge in [0, 0.05) is 39.1 Å². The van der Waals surface area contributed by atoms with E-state index in [4.69, 9.17) is 4.74 Å². The van der Waals surface area contributed by atoms with Crippen LogP contribution in [0, 0.1) is 12.8 Å². The molecule has 2 heterocycles. The van der Waals surface area contributed by atoms with Gasteiger partial charge in [0.05, 0.1) is 0 Å². The van der Waals surface area contributed by atoms with Crippen LogP contribution >= 0.6 is 0 Å². The van der Waals surface area contributed by atoms with Gasteiger partial charge in [0.15, 0.2) is 0 Å². The van der Waals surface area contributed by atoms with Gasteiger partial charge in [-0.1, -0.05) is 29.8 Å². The molecule has 3 rings (SSSR count). The smallest absolute Gasteiger partial charge is 0.254 e. The Labute approximate surface area is 144 Å². The van der Waals surface area contributed by atoms with Crippen molar-refractivity contribution in [3.8, 4) is 0 Å². The Bertz CT molecular complexity index is 541. The predicted octanol–water partition coefficient (Wildman–Crippen LogP) is 2.71. The Morgan fingerprint density at radius 3 is 2.46 bits per heavy atom. The van der Waals surface area contributed by atoms with Crippen molar-refractivity contribution >= 4 is 5.91 Å². The SMILES string of the molecule is Cc1ccc(CCC2CCN(C(=O)C3(O)CCOCC3)CC2)cc1. The first-order valence-electron chi connectivity index (χ1n) is 9.22. The predicted molar refractivity (Wildman–Crippen MR) is 93.8 cm³/mol. The summed E-state index contributed by atoms with van der Waals surface area (Å²) in [5, 5.41) is 10.6. The average molecular weight is 331 g/mol. The highest BCUT2D eigenvalue weighted by Gasteiger charge is 2.41. The molecular formula is C20H29NO3. The van der Waals surface area contributed by atoms with Crippen LogP contribution in [0.4, 0.5) is 0 Å². The van der Waals surface area contributed by atoms with Crippen LogP contribution < -0.4 is 0 Å². The maximum Gasteiger partial charge on any atom is 0.254 e. The lowest BCUT2D eigenvalue weighted by molar-refractivity contribution is -0.162. The van der Waals surface area contributed by atoms with Crippen molar-refractivity contribution in [2.24, 2.45) is 5.92 Å². The first-order chi connectivity index (χ1) is 11.6. The number of likely N-dealkylation sites (tertiary alicyclic amines) is 1. The number of piperidine rings is 1. The van der Waals surface area contributed by atoms with Gasteiger partial charge < -0.3 is 14.7 Å². The second-order valence-corrected chi connectivity index (χ2v) is 7.40. The highest BCUT2D eigenvalue weighted by molar-refractivity contribution is 5.85. The van der Waals surface area contributed by atoms with Gasteiger partial charge in [-0.25, -0.2) is 0 Å². The van der Waals surface area contributed by atoms with Crippen LogP contribution in [-0.2, 0) is 16.0 Å². The molecule has 0 aliphatic carbocycles. The summed E-state index contributed by atoms with van der Waals surface area (Å²) in [7, 11) is 0. The Hall–Kier alpha value is -1.39. The van der Waals surface area contributed by atoms with Crippen LogP contribution in [0.1, 0.15) is 43.2 Å². The molecule has 24 heavy (non-hydrogen) atoms. The maximum atomic E-state index is 12.6. The lowest BCUT2D eigenvalue weighted by Crippen LogP contribution is -2.53. The molecule has 2 aliphatic rings. The number of carbonyl (C=O) groups excluding carboxylic acids is 1. The van der Waals surface area contributed by atoms with E-state index in [-0.39, 0.29) is 5.91 Å². The summed E-state index contributed by atoms with van der Waals surface area (Å²) in [4.78, 5) is 14.5. The molecule has 4 heteroatoms. The van der Waals surface area contributed by atoms with E-state index in [1.807, 2.05) is 4.90 Å². The monoisotopic (exact) mass is 331 g/mol. The molecule has 0 atom stereocenters. The third kappa shape index (κ3) is 4.17. The van der Waals surface area contributed by atoms with Gasteiger partial charge in [0.25, 0.3) is 5.91 Å². The standard InChI is InChI=1S/C20H29NO3/c1-16-2-4-17(5-3-16)6-7-18-8-12-21(13-9-18)19(22)20(23)10-14-24-15-11-20/h2-5,18,23H,6-15H2,1H3. The summed E-state index contributed by atoms with van der Waals surface area (Å²) in [6.07, 6.45) is 5.25. The zero-order chi connectivity index (χ0) is 17.0. The molecule has 0 aromatic heterocycles. The zero-order valence-electron chi connectivity index (χ0n) is 14.7. The Morgan fingerprint density at radius 1 is 1.21 bits per heavy atom. The van der Waals surface area contributed by atoms with E-state index < -0.39 is 5.60 Å². The van der Waals surface area contributed by atoms with Gasteiger partial charge in [0.2, 0.25) is 0 Å². The number of carbonyl (C=O) groups is 1. The minimum atomic E-state index is -1.19. The Kier molecular flexibility index (Phi) is 5.57. The highest BCUT2D eigenvalue weighted by Crippen LogP contribution is 2.28. The van der Waals surface area contributed by atoms with E-state index in [2.05, 4.69) is 31.2 Å². The van der Waals surface area contributed by atoms with Crippen molar-refractivity contribution in [3.05, 3.63) is 35.4 Å². The zero-order valence-corrected chi connectivity index (χ0v) is 14.7. The maximum absolute atomic E-state index is 12.6. The summed E-state index contributed by atoms with van der Waals surface area (Å²) in [6.45, 7) is 4.63. The number of hydrogen-bond donors (Lipinski definition) is 1. The van der Waals surface area contributed by atoms with E-state index in [0.717, 1.165) is 32.4 Å². The van der Waals surface area contributed by atoms with Crippen LogP contribution in [0.15, 0.2) is 24.3 Å². The quantitative estimate of drug-likeness (QED) is 0.923. The number of benzene rings is 1. The van der Waals surface area contributed by atoms with Gasteiger partial charge in [-0.2, -0.15) is 0 Å². The van der Waals surface area contributed by atoms with Gasteiger partial charge >= 0.3 is 0 Å². The highest BCUT2D eigenvalue weighted by atomic mass is 16.5. The third-order valence-electron chi connectivity index (χ3n) is 5.58. The van der Waals surface area contributed by atoms with Gasteiger partial charge in [-0.05, 0) is 44.1 Å². The normalized spacial score (nSPS) is 21.7. The van der Waals surface area contributed by atoms with Crippen molar-refractivity contribution < 1.29 is 14.6 Å². The molecule has 0 radical (unpaired) electrons. The van der Waals surface area contributed by atoms with E-state index in [1.54, 1.807) is 0 Å². The largest absolute Gasteiger partial charge is 0.381 e. The molecule has 0 spiro atoms. The fraction of sp³-hybridized carbons (Fsp3) is 0.650. The van der Waals surface area contributed by atoms with Crippen molar-refractivity contribution in [1.29, 1.82) is 0 Å². The van der Waals surface area contributed by atoms with Crippen LogP contribution in [-0.4, -0.2) is 47.8 Å². The van der Waals surface area contributed by atoms with Gasteiger partial charge in [0.1, 0.15) is 5.60 Å². The topological polar surface area (TPSA) is 49.8 Å². The Balaban J connectivity index is 1.45. The number of aliphatic hydroxyl groups is 1. The summed E-state index contributed by atoms with van der Waals surface area (Å²) < 4.78 is 5.27. The molecule has 0 bridgehead atoms. The molecule has 0 unspecified atom stereocenters. The van der Waals surface area contributed by atoms with E-state index >= 15 is 0 Å². The van der Waals surface area contributed by atoms with Crippen molar-refractivity contribution in [3.63, 3.8) is 0 Å². The minimum Gasteiger partial charge on any atom is -0.381 e. The number of aryl methyl sites for hydroxylation is 2. The van der Waals surface area contributed by atoms with E-state index in [0.29, 0.717) is 32.0 Å². The van der Waals surface area contributed by atoms with E-state index in [1.165, 1.54) is 17.5 Å². The van der Waals surface area contributed by atoms with E-state index in [9.17, 15) is 9.90 Å². The molecule has 1 aromatic carbocycles. The van der Waals surface area contributed by atoms with Crippen LogP contribution in [0.5, 0.6) is 0 Å². The summed E-state index contributed by atoms with van der Waals surface area (Å²) in [6, 6.07) is 8.78. The van der Waals surface area contributed by atoms with Crippen LogP contribution in [0.25, 0.3) is 0 Å². The van der Waals surface area contributed by atoms with Crippen LogP contribution in [0.2, 0.25) is 0 Å². The molecule has 132 valence electrons. The van der Waals surface area contributed by atoms with Crippen molar-refractivity contribution in [2.45, 2.75) is 51.0 Å². The fourth-order valence-corrected chi connectivity index (χ4v) is 3.77. The number of ether oxygens (including phenoxy) is 1. The molecule has 4 nitrogen and oxygen atoms in total. The molecule has 0 saturated carbocycles. The fourth-order valence-electron chi connectivity index (χ4n) is 3.77. The molecule has 2 saturated heterocycles. The second-order valence-electron chi connectivity index (χ2n) is 7.40. The number of amides is 1. The number of rotatable bonds is 4. The first kappa shape index (κ1) is 17.4. The lowest BCUT2D eigenvalue weighted by atomic mass is 9.88. The molecule has 1 N–H and O–H groups in total. The molecule has 2 aliphatic heterocycles. The van der Waals surface area contributed by atoms with Crippen molar-refractivity contribution in [2.75, 3.05) is 26.3 Å². The molecular weight excluding hydrogens is 302 g/mol. The summed E-state index contributed by atoms with van der Waals surface area (Å²) >= 11 is 0. The molecule has 1 amide bonds.